The molecule has 0 bridgehead atoms. The minimum absolute atomic E-state index is 0.533. The highest BCUT2D eigenvalue weighted by Crippen LogP contribution is 2.13. The number of carbonyl (C=O) groups is 1. The number of carbonyl (C=O) groups excluding carboxylic acids is 1. The van der Waals surface area contributed by atoms with E-state index in [2.05, 4.69) is 20.8 Å². The molecule has 19 heavy (non-hydrogen) atoms. The van der Waals surface area contributed by atoms with Crippen molar-refractivity contribution in [2.45, 2.75) is 26.4 Å². The molecule has 0 fully saturated rings. The van der Waals surface area contributed by atoms with Crippen molar-refractivity contribution >= 4 is 22.8 Å². The maximum atomic E-state index is 11.5. The molecule has 6 heteroatoms. The van der Waals surface area contributed by atoms with E-state index in [0.717, 1.165) is 11.0 Å². The van der Waals surface area contributed by atoms with Crippen molar-refractivity contribution in [1.29, 1.82) is 0 Å². The summed E-state index contributed by atoms with van der Waals surface area (Å²) in [7, 11) is 0. The summed E-state index contributed by atoms with van der Waals surface area (Å²) in [6.45, 7) is 5.40. The summed E-state index contributed by atoms with van der Waals surface area (Å²) in [5.41, 5.74) is 6.82. The number of pyridine rings is 2. The second-order valence-electron chi connectivity index (χ2n) is 5.02. The van der Waals surface area contributed by atoms with Gasteiger partial charge in [-0.3, -0.25) is 15.4 Å². The third-order valence-electron chi connectivity index (χ3n) is 2.16. The molecule has 1 amide bonds. The standard InChI is InChI=1S/C13H16N4O2/c1-13(2,3)19-12(18)17-16-9-7-11-10(15-8-9)5-4-6-14-11/h4-8,16H,1-3H3,(H,17,18). The molecule has 0 unspecified atom stereocenters. The average Bonchev–Trinajstić information content (AvgIpc) is 2.34. The first kappa shape index (κ1) is 13.1. The molecule has 100 valence electrons. The van der Waals surface area contributed by atoms with E-state index in [1.54, 1.807) is 39.2 Å². The fourth-order valence-electron chi connectivity index (χ4n) is 1.45. The largest absolute Gasteiger partial charge is 0.443 e. The fraction of sp³-hybridized carbons (Fsp3) is 0.308. The van der Waals surface area contributed by atoms with Crippen LogP contribution in [0.3, 0.4) is 0 Å². The third kappa shape index (κ3) is 3.80. The zero-order chi connectivity index (χ0) is 13.9. The Labute approximate surface area is 111 Å². The first-order valence-corrected chi connectivity index (χ1v) is 5.90. The van der Waals surface area contributed by atoms with Gasteiger partial charge >= 0.3 is 6.09 Å². The Balaban J connectivity index is 2.00. The molecule has 0 saturated carbocycles. The molecule has 2 aromatic rings. The Bertz CT molecular complexity index is 592. The van der Waals surface area contributed by atoms with Crippen LogP contribution in [-0.4, -0.2) is 21.7 Å². The van der Waals surface area contributed by atoms with E-state index < -0.39 is 11.7 Å². The van der Waals surface area contributed by atoms with Gasteiger partial charge in [0, 0.05) is 6.20 Å². The Hall–Kier alpha value is -2.37. The lowest BCUT2D eigenvalue weighted by molar-refractivity contribution is 0.0541. The monoisotopic (exact) mass is 260 g/mol. The van der Waals surface area contributed by atoms with Crippen molar-refractivity contribution in [2.75, 3.05) is 5.43 Å². The number of aromatic nitrogens is 2. The van der Waals surface area contributed by atoms with Gasteiger partial charge in [0.1, 0.15) is 5.60 Å². The molecule has 0 spiro atoms. The van der Waals surface area contributed by atoms with Crippen molar-refractivity contribution < 1.29 is 9.53 Å². The highest BCUT2D eigenvalue weighted by molar-refractivity contribution is 5.78. The van der Waals surface area contributed by atoms with Gasteiger partial charge in [0.2, 0.25) is 0 Å². The van der Waals surface area contributed by atoms with Crippen LogP contribution in [0.15, 0.2) is 30.6 Å². The van der Waals surface area contributed by atoms with Gasteiger partial charge in [-0.25, -0.2) is 10.2 Å². The zero-order valence-electron chi connectivity index (χ0n) is 11.1. The number of fused-ring (bicyclic) bond motifs is 1. The Morgan fingerprint density at radius 1 is 1.26 bits per heavy atom. The van der Waals surface area contributed by atoms with Gasteiger partial charge in [0.15, 0.2) is 0 Å². The predicted molar refractivity (Wildman–Crippen MR) is 72.5 cm³/mol. The highest BCUT2D eigenvalue weighted by atomic mass is 16.6. The van der Waals surface area contributed by atoms with Crippen molar-refractivity contribution in [3.63, 3.8) is 0 Å². The highest BCUT2D eigenvalue weighted by Gasteiger charge is 2.15. The Morgan fingerprint density at radius 3 is 2.79 bits per heavy atom. The van der Waals surface area contributed by atoms with E-state index in [1.807, 2.05) is 12.1 Å². The van der Waals surface area contributed by atoms with Crippen LogP contribution in [0, 0.1) is 0 Å². The molecule has 0 aliphatic carbocycles. The fourth-order valence-corrected chi connectivity index (χ4v) is 1.45. The maximum Gasteiger partial charge on any atom is 0.426 e. The quantitative estimate of drug-likeness (QED) is 0.811. The van der Waals surface area contributed by atoms with Crippen LogP contribution < -0.4 is 10.9 Å². The molecule has 2 N–H and O–H groups in total. The molecule has 2 aromatic heterocycles. The van der Waals surface area contributed by atoms with E-state index in [-0.39, 0.29) is 0 Å². The number of ether oxygens (including phenoxy) is 1. The second-order valence-corrected chi connectivity index (χ2v) is 5.02. The van der Waals surface area contributed by atoms with Crippen LogP contribution in [0.1, 0.15) is 20.8 Å². The van der Waals surface area contributed by atoms with Gasteiger partial charge in [-0.15, -0.1) is 0 Å². The van der Waals surface area contributed by atoms with Crippen LogP contribution in [-0.2, 0) is 4.74 Å². The second kappa shape index (κ2) is 5.09. The molecule has 0 radical (unpaired) electrons. The first-order valence-electron chi connectivity index (χ1n) is 5.90. The van der Waals surface area contributed by atoms with E-state index in [1.165, 1.54) is 0 Å². The number of nitrogens with zero attached hydrogens (tertiary/aromatic N) is 2. The minimum Gasteiger partial charge on any atom is -0.443 e. The van der Waals surface area contributed by atoms with E-state index in [9.17, 15) is 4.79 Å². The number of hydrogen-bond donors (Lipinski definition) is 2. The zero-order valence-corrected chi connectivity index (χ0v) is 11.1. The number of hydrazine groups is 1. The van der Waals surface area contributed by atoms with E-state index >= 15 is 0 Å². The molecular formula is C13H16N4O2. The van der Waals surface area contributed by atoms with Gasteiger partial charge in [-0.1, -0.05) is 0 Å². The summed E-state index contributed by atoms with van der Waals surface area (Å²) in [5.74, 6) is 0. The van der Waals surface area contributed by atoms with Crippen LogP contribution in [0.25, 0.3) is 11.0 Å². The van der Waals surface area contributed by atoms with Crippen molar-refractivity contribution in [3.8, 4) is 0 Å². The van der Waals surface area contributed by atoms with Crippen molar-refractivity contribution in [3.05, 3.63) is 30.6 Å². The molecule has 0 aliphatic heterocycles. The minimum atomic E-state index is -0.548. The van der Waals surface area contributed by atoms with Gasteiger partial charge < -0.3 is 4.74 Å². The van der Waals surface area contributed by atoms with Gasteiger partial charge in [-0.05, 0) is 39.0 Å². The number of nitrogens with one attached hydrogen (secondary N) is 2. The summed E-state index contributed by atoms with van der Waals surface area (Å²) in [4.78, 5) is 19.9. The summed E-state index contributed by atoms with van der Waals surface area (Å²) in [5, 5.41) is 0. The molecule has 0 atom stereocenters. The molecule has 0 aromatic carbocycles. The maximum absolute atomic E-state index is 11.5. The average molecular weight is 260 g/mol. The lowest BCUT2D eigenvalue weighted by Crippen LogP contribution is -2.35. The molecule has 0 saturated heterocycles. The number of anilines is 1. The summed E-state index contributed by atoms with van der Waals surface area (Å²) < 4.78 is 5.10. The van der Waals surface area contributed by atoms with E-state index in [0.29, 0.717) is 5.69 Å². The number of amides is 1. The summed E-state index contributed by atoms with van der Waals surface area (Å²) in [6, 6.07) is 5.48. The molecular weight excluding hydrogens is 244 g/mol. The number of rotatable bonds is 2. The van der Waals surface area contributed by atoms with Gasteiger partial charge in [-0.2, -0.15) is 0 Å². The van der Waals surface area contributed by atoms with Crippen molar-refractivity contribution in [1.82, 2.24) is 15.4 Å². The van der Waals surface area contributed by atoms with Crippen LogP contribution in [0.2, 0.25) is 0 Å². The van der Waals surface area contributed by atoms with Crippen LogP contribution in [0.5, 0.6) is 0 Å². The van der Waals surface area contributed by atoms with Crippen LogP contribution >= 0.6 is 0 Å². The van der Waals surface area contributed by atoms with Gasteiger partial charge in [0.25, 0.3) is 0 Å². The van der Waals surface area contributed by atoms with Crippen LogP contribution in [0.4, 0.5) is 10.5 Å². The summed E-state index contributed by atoms with van der Waals surface area (Å²) >= 11 is 0. The number of hydrogen-bond acceptors (Lipinski definition) is 5. The Morgan fingerprint density at radius 2 is 2.05 bits per heavy atom. The molecule has 6 nitrogen and oxygen atoms in total. The molecule has 2 heterocycles. The smallest absolute Gasteiger partial charge is 0.426 e. The SMILES string of the molecule is CC(C)(C)OC(=O)NNc1cnc2cccnc2c1. The predicted octanol–water partition coefficient (Wildman–Crippen LogP) is 2.48. The normalized spacial score (nSPS) is 11.1. The molecule has 2 rings (SSSR count). The van der Waals surface area contributed by atoms with Gasteiger partial charge in [0.05, 0.1) is 22.9 Å². The topological polar surface area (TPSA) is 76.1 Å². The third-order valence-corrected chi connectivity index (χ3v) is 2.16. The lowest BCUT2D eigenvalue weighted by Gasteiger charge is -2.20. The van der Waals surface area contributed by atoms with Crippen molar-refractivity contribution in [2.24, 2.45) is 0 Å². The lowest BCUT2D eigenvalue weighted by atomic mass is 10.2. The first-order chi connectivity index (χ1) is 8.94. The molecule has 0 aliphatic rings. The Kier molecular flexibility index (Phi) is 3.50. The van der Waals surface area contributed by atoms with E-state index in [4.69, 9.17) is 4.74 Å². The summed E-state index contributed by atoms with van der Waals surface area (Å²) in [6.07, 6.45) is 2.75.